The highest BCUT2D eigenvalue weighted by Gasteiger charge is 2.74. The Kier molecular flexibility index (Phi) is 15.3. The third kappa shape index (κ3) is 9.05. The van der Waals surface area contributed by atoms with Gasteiger partial charge in [-0.3, -0.25) is 9.59 Å². The normalized spacial score (nSPS) is 49.4. The zero-order chi connectivity index (χ0) is 51.0. The number of fused-ring (bicyclic) bond motifs is 1. The predicted octanol–water partition coefficient (Wildman–Crippen LogP) is 0.137. The minimum absolute atomic E-state index is 0.0343. The molecule has 17 atom stereocenters. The molecule has 388 valence electrons. The fourth-order valence-corrected chi connectivity index (χ4v) is 13.2. The first kappa shape index (κ1) is 56.0. The summed E-state index contributed by atoms with van der Waals surface area (Å²) in [5, 5.41) is 101. The van der Waals surface area contributed by atoms with Gasteiger partial charge in [0.2, 0.25) is 11.7 Å². The van der Waals surface area contributed by atoms with Crippen molar-refractivity contribution >= 4 is 29.7 Å². The maximum absolute atomic E-state index is 13.3. The monoisotopic (exact) mass is 980 g/mol. The number of thioether (sulfide) groups is 1. The largest absolute Gasteiger partial charge is 0.430 e. The number of esters is 1. The van der Waals surface area contributed by atoms with Crippen LogP contribution in [0.25, 0.3) is 0 Å². The molecule has 0 aromatic rings. The Balaban J connectivity index is 1.31. The minimum Gasteiger partial charge on any atom is -0.430 e. The summed E-state index contributed by atoms with van der Waals surface area (Å²) in [7, 11) is 0. The second kappa shape index (κ2) is 18.3. The molecule has 5 heterocycles. The van der Waals surface area contributed by atoms with Crippen molar-refractivity contribution in [1.29, 1.82) is 0 Å². The number of aliphatic hydroxyl groups is 8. The van der Waals surface area contributed by atoms with E-state index in [1.54, 1.807) is 46.4 Å². The molecule has 0 spiro atoms. The standard InChI is InChI=1S/C46H81N3O17S/c1-26(52)47-31-36(4,22-61-25-41(9)45(13,59)46(14,60)44(12,58)40(8,21-51)66-41)32(54)37(5,20-50)65-38(31,6)23-62-24-39(7)35(2,3)64-43(11,33(55)42(39,10)57)63-29(53)18-16-15-17-28-30-27(19-67-28)48-34(56)49-30/h27-28,30-33,50-51,54-55,57-60H,15-25H2,1-14H3,(H,47,52)(H2,48,49,56)/t27-,28?,30-,31-,32-,33+,36?,37?,38+,39+,40?,41-,42?,43-,44-,45?,46?/m0/s1. The Labute approximate surface area is 398 Å². The third-order valence-corrected chi connectivity index (χ3v) is 18.7. The molecule has 5 saturated heterocycles. The summed E-state index contributed by atoms with van der Waals surface area (Å²) in [4.78, 5) is 38.0. The van der Waals surface area contributed by atoms with Gasteiger partial charge in [0.05, 0.1) is 74.9 Å². The summed E-state index contributed by atoms with van der Waals surface area (Å²) >= 11 is 1.78. The Morgan fingerprint density at radius 1 is 0.731 bits per heavy atom. The number of aliphatic hydroxyl groups excluding tert-OH is 4. The Morgan fingerprint density at radius 2 is 1.33 bits per heavy atom. The second-order valence-corrected chi connectivity index (χ2v) is 24.0. The predicted molar refractivity (Wildman–Crippen MR) is 244 cm³/mol. The molecule has 0 aromatic heterocycles. The molecule has 5 aliphatic heterocycles. The first-order valence-corrected chi connectivity index (χ1v) is 24.3. The molecule has 5 rings (SSSR count). The van der Waals surface area contributed by atoms with Gasteiger partial charge in [-0.15, -0.1) is 0 Å². The quantitative estimate of drug-likeness (QED) is 0.0525. The molecule has 0 saturated carbocycles. The van der Waals surface area contributed by atoms with E-state index in [0.29, 0.717) is 12.8 Å². The molecule has 0 aliphatic carbocycles. The number of nitrogens with one attached hydrogen (secondary N) is 3. The molecule has 11 N–H and O–H groups in total. The van der Waals surface area contributed by atoms with Gasteiger partial charge >= 0.3 is 12.0 Å². The van der Waals surface area contributed by atoms with Crippen molar-refractivity contribution in [2.24, 2.45) is 10.8 Å². The zero-order valence-corrected chi connectivity index (χ0v) is 42.7. The summed E-state index contributed by atoms with van der Waals surface area (Å²) in [5.41, 5.74) is -19.7. The van der Waals surface area contributed by atoms with Crippen LogP contribution in [0.4, 0.5) is 4.79 Å². The molecule has 3 amide bonds. The number of urea groups is 1. The van der Waals surface area contributed by atoms with Crippen molar-refractivity contribution in [1.82, 2.24) is 16.0 Å². The van der Waals surface area contributed by atoms with E-state index in [1.807, 2.05) is 0 Å². The molecule has 0 radical (unpaired) electrons. The van der Waals surface area contributed by atoms with Crippen molar-refractivity contribution in [3.05, 3.63) is 0 Å². The number of carbonyl (C=O) groups is 3. The van der Waals surface area contributed by atoms with Gasteiger partial charge in [-0.1, -0.05) is 20.3 Å². The van der Waals surface area contributed by atoms with Crippen LogP contribution in [0, 0.1) is 10.8 Å². The van der Waals surface area contributed by atoms with Gasteiger partial charge in [-0.05, 0) is 82.1 Å². The first-order valence-electron chi connectivity index (χ1n) is 23.3. The molecule has 7 unspecified atom stereocenters. The van der Waals surface area contributed by atoms with E-state index in [4.69, 9.17) is 28.4 Å². The summed E-state index contributed by atoms with van der Waals surface area (Å²) in [5.74, 6) is -2.27. The number of amides is 3. The van der Waals surface area contributed by atoms with E-state index in [-0.39, 0.29) is 49.6 Å². The summed E-state index contributed by atoms with van der Waals surface area (Å²) in [6.07, 6.45) is -1.25. The summed E-state index contributed by atoms with van der Waals surface area (Å²) in [6.45, 7) is 17.5. The number of rotatable bonds is 17. The van der Waals surface area contributed by atoms with Gasteiger partial charge in [0.15, 0.2) is 0 Å². The van der Waals surface area contributed by atoms with Gasteiger partial charge in [0, 0.05) is 36.7 Å². The summed E-state index contributed by atoms with van der Waals surface area (Å²) < 4.78 is 37.7. The smallest absolute Gasteiger partial charge is 0.315 e. The number of ether oxygens (including phenoxy) is 6. The SMILES string of the molecule is CC(=O)N[C@H]1C(C)(COC[C@]2(C)OC(C)(CO)[C@](C)(O)C(C)(O)C2(C)O)[C@H](O)C(C)(CO)O[C@]1(C)COC[C@]1(C)C(C)(C)O[C@](C)(OC(=O)CCCCC2SC[C@@H]3NC(=O)N[C@H]23)[C@H](O)C1(C)O. The van der Waals surface area contributed by atoms with E-state index >= 15 is 0 Å². The molecule has 0 bridgehead atoms. The maximum atomic E-state index is 13.3. The highest BCUT2D eigenvalue weighted by atomic mass is 32.2. The van der Waals surface area contributed by atoms with Gasteiger partial charge < -0.3 is 85.2 Å². The molecule has 0 aromatic carbocycles. The molecule has 20 nitrogen and oxygen atoms in total. The fourth-order valence-electron chi connectivity index (χ4n) is 11.6. The lowest BCUT2D eigenvalue weighted by atomic mass is 9.58. The lowest BCUT2D eigenvalue weighted by molar-refractivity contribution is -0.408. The first-order chi connectivity index (χ1) is 30.4. The number of hydrogen-bond donors (Lipinski definition) is 11. The van der Waals surface area contributed by atoms with Crippen molar-refractivity contribution in [2.45, 2.75) is 214 Å². The Hall–Kier alpha value is -1.96. The molecule has 5 fully saturated rings. The average Bonchev–Trinajstić information content (AvgIpc) is 3.77. The fraction of sp³-hybridized carbons (Fsp3) is 0.935. The van der Waals surface area contributed by atoms with E-state index < -0.39 is 117 Å². The maximum Gasteiger partial charge on any atom is 0.315 e. The van der Waals surface area contributed by atoms with Gasteiger partial charge in [-0.25, -0.2) is 4.79 Å². The highest BCUT2D eigenvalue weighted by molar-refractivity contribution is 8.00. The zero-order valence-electron chi connectivity index (χ0n) is 41.9. The van der Waals surface area contributed by atoms with Crippen LogP contribution in [0.1, 0.15) is 123 Å². The lowest BCUT2D eigenvalue weighted by Crippen LogP contribution is -2.85. The topological polar surface area (TPSA) is 305 Å². The van der Waals surface area contributed by atoms with Gasteiger partial charge in [0.1, 0.15) is 50.9 Å². The molecule has 67 heavy (non-hydrogen) atoms. The van der Waals surface area contributed by atoms with Crippen LogP contribution in [0.2, 0.25) is 0 Å². The van der Waals surface area contributed by atoms with Gasteiger partial charge in [-0.2, -0.15) is 11.8 Å². The van der Waals surface area contributed by atoms with Crippen LogP contribution in [0.15, 0.2) is 0 Å². The number of hydrogen-bond acceptors (Lipinski definition) is 18. The van der Waals surface area contributed by atoms with E-state index in [9.17, 15) is 55.2 Å². The van der Waals surface area contributed by atoms with Crippen molar-refractivity contribution < 1.29 is 83.7 Å². The second-order valence-electron chi connectivity index (χ2n) is 22.7. The highest BCUT2D eigenvalue weighted by Crippen LogP contribution is 2.56. The number of carbonyl (C=O) groups excluding carboxylic acids is 3. The van der Waals surface area contributed by atoms with E-state index in [1.165, 1.54) is 62.3 Å². The van der Waals surface area contributed by atoms with Crippen molar-refractivity contribution in [2.75, 3.05) is 45.4 Å². The Bertz CT molecular complexity index is 1850. The van der Waals surface area contributed by atoms with Crippen molar-refractivity contribution in [3.63, 3.8) is 0 Å². The molecule has 21 heteroatoms. The van der Waals surface area contributed by atoms with Gasteiger partial charge in [0.25, 0.3) is 0 Å². The lowest BCUT2D eigenvalue weighted by Gasteiger charge is -2.65. The number of unbranched alkanes of at least 4 members (excludes halogenated alkanes) is 1. The minimum atomic E-state index is -2.26. The van der Waals surface area contributed by atoms with Crippen LogP contribution in [-0.2, 0) is 38.0 Å². The van der Waals surface area contributed by atoms with E-state index in [0.717, 1.165) is 12.2 Å². The molecular weight excluding hydrogens is 899 g/mol. The van der Waals surface area contributed by atoms with E-state index in [2.05, 4.69) is 16.0 Å². The third-order valence-electron chi connectivity index (χ3n) is 17.2. The van der Waals surface area contributed by atoms with Crippen LogP contribution < -0.4 is 16.0 Å². The average molecular weight is 980 g/mol. The van der Waals surface area contributed by atoms with Crippen molar-refractivity contribution in [3.8, 4) is 0 Å². The summed E-state index contributed by atoms with van der Waals surface area (Å²) in [6, 6.07) is -1.14. The Morgan fingerprint density at radius 3 is 1.91 bits per heavy atom. The van der Waals surface area contributed by atoms with Crippen LogP contribution in [0.3, 0.4) is 0 Å². The molecule has 5 aliphatic rings. The van der Waals surface area contributed by atoms with Crippen LogP contribution >= 0.6 is 11.8 Å². The van der Waals surface area contributed by atoms with Crippen LogP contribution in [-0.4, -0.2) is 196 Å². The van der Waals surface area contributed by atoms with Crippen LogP contribution in [0.5, 0.6) is 0 Å². The molecular formula is C46H81N3O17S.